The van der Waals surface area contributed by atoms with Gasteiger partial charge < -0.3 is 10.2 Å². The summed E-state index contributed by atoms with van der Waals surface area (Å²) in [4.78, 5) is 31.3. The zero-order valence-electron chi connectivity index (χ0n) is 15.5. The van der Waals surface area contributed by atoms with E-state index in [1.54, 1.807) is 22.9 Å². The van der Waals surface area contributed by atoms with Gasteiger partial charge in [0.2, 0.25) is 11.8 Å². The molecule has 2 amide bonds. The number of anilines is 1. The van der Waals surface area contributed by atoms with E-state index in [2.05, 4.69) is 10.3 Å². The number of benzene rings is 1. The Labute approximate surface area is 173 Å². The van der Waals surface area contributed by atoms with Gasteiger partial charge in [0, 0.05) is 29.7 Å². The molecule has 10 heteroatoms. The number of carbonyl (C=O) groups excluding carboxylic acids is 2. The van der Waals surface area contributed by atoms with Crippen LogP contribution in [0.5, 0.6) is 0 Å². The predicted octanol–water partition coefficient (Wildman–Crippen LogP) is 4.15. The smallest absolute Gasteiger partial charge is 0.315 e. The average Bonchev–Trinajstić information content (AvgIpc) is 3.31. The topological polar surface area (TPSA) is 62.3 Å². The Hall–Kier alpha value is -2.07. The van der Waals surface area contributed by atoms with Crippen LogP contribution in [0.4, 0.5) is 18.3 Å². The van der Waals surface area contributed by atoms with Crippen LogP contribution in [0.2, 0.25) is 0 Å². The van der Waals surface area contributed by atoms with Crippen molar-refractivity contribution in [3.8, 4) is 0 Å². The van der Waals surface area contributed by atoms with Gasteiger partial charge >= 0.3 is 6.18 Å². The van der Waals surface area contributed by atoms with Crippen molar-refractivity contribution in [2.45, 2.75) is 43.3 Å². The lowest BCUT2D eigenvalue weighted by Gasteiger charge is -2.29. The molecule has 5 nitrogen and oxygen atoms in total. The van der Waals surface area contributed by atoms with Gasteiger partial charge in [-0.25, -0.2) is 4.98 Å². The van der Waals surface area contributed by atoms with E-state index >= 15 is 0 Å². The summed E-state index contributed by atoms with van der Waals surface area (Å²) in [6.07, 6.45) is -1.12. The number of amides is 2. The molecule has 3 heterocycles. The highest BCUT2D eigenvalue weighted by molar-refractivity contribution is 8.01. The summed E-state index contributed by atoms with van der Waals surface area (Å²) in [6.45, 7) is 1.99. The van der Waals surface area contributed by atoms with Crippen molar-refractivity contribution in [1.82, 2.24) is 9.88 Å². The normalized spacial score (nSPS) is 24.1. The molecule has 0 saturated carbocycles. The SMILES string of the molecule is C[C@]12CCC(=O)N1[C@H](C(=O)Nc1ncc(Cc3ccc(C(F)(F)F)cc3)s1)CS2. The van der Waals surface area contributed by atoms with Crippen LogP contribution in [0.25, 0.3) is 0 Å². The number of thioether (sulfide) groups is 1. The van der Waals surface area contributed by atoms with Gasteiger partial charge in [0.05, 0.1) is 10.4 Å². The Morgan fingerprint density at radius 3 is 2.76 bits per heavy atom. The number of fused-ring (bicyclic) bond motifs is 1. The van der Waals surface area contributed by atoms with Crippen molar-refractivity contribution >= 4 is 40.0 Å². The van der Waals surface area contributed by atoms with Gasteiger partial charge in [-0.15, -0.1) is 23.1 Å². The van der Waals surface area contributed by atoms with Crippen LogP contribution in [-0.2, 0) is 22.2 Å². The lowest BCUT2D eigenvalue weighted by Crippen LogP contribution is -2.48. The van der Waals surface area contributed by atoms with Crippen molar-refractivity contribution in [1.29, 1.82) is 0 Å². The van der Waals surface area contributed by atoms with E-state index < -0.39 is 17.8 Å². The molecule has 2 aliphatic rings. The zero-order valence-corrected chi connectivity index (χ0v) is 17.1. The van der Waals surface area contributed by atoms with Crippen molar-refractivity contribution in [3.63, 3.8) is 0 Å². The van der Waals surface area contributed by atoms with Gasteiger partial charge in [-0.05, 0) is 31.0 Å². The fraction of sp³-hybridized carbons (Fsp3) is 0.421. The molecule has 0 aliphatic carbocycles. The summed E-state index contributed by atoms with van der Waals surface area (Å²) in [7, 11) is 0. The molecule has 2 aromatic rings. The van der Waals surface area contributed by atoms with Gasteiger partial charge in [-0.2, -0.15) is 13.2 Å². The molecule has 2 atom stereocenters. The van der Waals surface area contributed by atoms with E-state index in [1.807, 2.05) is 6.92 Å². The Morgan fingerprint density at radius 1 is 1.34 bits per heavy atom. The van der Waals surface area contributed by atoms with E-state index in [4.69, 9.17) is 0 Å². The van der Waals surface area contributed by atoms with E-state index in [0.717, 1.165) is 29.0 Å². The molecule has 2 saturated heterocycles. The third-order valence-electron chi connectivity index (χ3n) is 5.19. The molecule has 0 unspecified atom stereocenters. The average molecular weight is 442 g/mol. The molecule has 154 valence electrons. The van der Waals surface area contributed by atoms with Gasteiger partial charge in [-0.3, -0.25) is 9.59 Å². The summed E-state index contributed by atoms with van der Waals surface area (Å²) in [6, 6.07) is 4.48. The van der Waals surface area contributed by atoms with E-state index in [1.165, 1.54) is 23.5 Å². The summed E-state index contributed by atoms with van der Waals surface area (Å²) >= 11 is 2.90. The van der Waals surface area contributed by atoms with Crippen LogP contribution in [-0.4, -0.2) is 38.4 Å². The molecule has 0 radical (unpaired) electrons. The number of rotatable bonds is 4. The minimum Gasteiger partial charge on any atom is -0.315 e. The van der Waals surface area contributed by atoms with Gasteiger partial charge in [0.1, 0.15) is 6.04 Å². The van der Waals surface area contributed by atoms with Crippen molar-refractivity contribution in [2.75, 3.05) is 11.1 Å². The van der Waals surface area contributed by atoms with Crippen molar-refractivity contribution in [2.24, 2.45) is 0 Å². The first-order chi connectivity index (χ1) is 13.7. The zero-order chi connectivity index (χ0) is 20.8. The van der Waals surface area contributed by atoms with Gasteiger partial charge in [-0.1, -0.05) is 12.1 Å². The van der Waals surface area contributed by atoms with Gasteiger partial charge in [0.15, 0.2) is 5.13 Å². The number of hydrogen-bond donors (Lipinski definition) is 1. The van der Waals surface area contributed by atoms with Crippen LogP contribution in [0, 0.1) is 0 Å². The highest BCUT2D eigenvalue weighted by Gasteiger charge is 2.52. The highest BCUT2D eigenvalue weighted by atomic mass is 32.2. The molecule has 0 bridgehead atoms. The van der Waals surface area contributed by atoms with Crippen LogP contribution < -0.4 is 5.32 Å². The Kier molecular flexibility index (Phi) is 5.10. The third kappa shape index (κ3) is 4.00. The largest absolute Gasteiger partial charge is 0.416 e. The fourth-order valence-electron chi connectivity index (χ4n) is 3.66. The summed E-state index contributed by atoms with van der Waals surface area (Å²) in [5.74, 6) is 0.296. The Bertz CT molecular complexity index is 945. The molecule has 29 heavy (non-hydrogen) atoms. The molecular formula is C19H18F3N3O2S2. The second kappa shape index (κ2) is 7.32. The van der Waals surface area contributed by atoms with E-state index in [9.17, 15) is 22.8 Å². The van der Waals surface area contributed by atoms with E-state index in [0.29, 0.717) is 23.7 Å². The lowest BCUT2D eigenvalue weighted by atomic mass is 10.1. The summed E-state index contributed by atoms with van der Waals surface area (Å²) in [5.41, 5.74) is 0.0431. The number of halogens is 3. The van der Waals surface area contributed by atoms with Gasteiger partial charge in [0.25, 0.3) is 0 Å². The van der Waals surface area contributed by atoms with Crippen LogP contribution in [0.1, 0.15) is 35.8 Å². The second-order valence-corrected chi connectivity index (χ2v) is 9.87. The molecule has 1 aromatic carbocycles. The number of nitrogens with one attached hydrogen (secondary N) is 1. The second-order valence-electron chi connectivity index (χ2n) is 7.26. The van der Waals surface area contributed by atoms with E-state index in [-0.39, 0.29) is 16.7 Å². The quantitative estimate of drug-likeness (QED) is 0.775. The maximum absolute atomic E-state index is 12.7. The predicted molar refractivity (Wildman–Crippen MR) is 106 cm³/mol. The Balaban J connectivity index is 1.39. The minimum absolute atomic E-state index is 0.000202. The number of aromatic nitrogens is 1. The number of hydrogen-bond acceptors (Lipinski definition) is 5. The molecule has 2 aliphatic heterocycles. The maximum Gasteiger partial charge on any atom is 0.416 e. The molecule has 0 spiro atoms. The molecular weight excluding hydrogens is 423 g/mol. The van der Waals surface area contributed by atoms with Crippen LogP contribution in [0.15, 0.2) is 30.5 Å². The highest BCUT2D eigenvalue weighted by Crippen LogP contribution is 2.47. The maximum atomic E-state index is 12.7. The molecule has 1 N–H and O–H groups in total. The fourth-order valence-corrected chi connectivity index (χ4v) is 5.94. The first kappa shape index (κ1) is 20.2. The number of nitrogens with zero attached hydrogens (tertiary/aromatic N) is 2. The minimum atomic E-state index is -4.36. The number of alkyl halides is 3. The number of thiazole rings is 1. The van der Waals surface area contributed by atoms with Crippen LogP contribution in [0.3, 0.4) is 0 Å². The summed E-state index contributed by atoms with van der Waals surface area (Å²) < 4.78 is 38.0. The first-order valence-corrected chi connectivity index (χ1v) is 10.8. The third-order valence-corrected chi connectivity index (χ3v) is 7.61. The standard InChI is InChI=1S/C19H18F3N3O2S2/c1-18-7-6-15(26)25(18)14(10-28-18)16(27)24-17-23-9-13(29-17)8-11-2-4-12(5-3-11)19(20,21)22/h2-5,9,14H,6-8,10H2,1H3,(H,23,24,27)/t14-,18-/m0/s1. The van der Waals surface area contributed by atoms with Crippen molar-refractivity contribution in [3.05, 3.63) is 46.5 Å². The summed E-state index contributed by atoms with van der Waals surface area (Å²) in [5, 5.41) is 3.20. The Morgan fingerprint density at radius 2 is 2.07 bits per heavy atom. The number of carbonyl (C=O) groups is 2. The monoisotopic (exact) mass is 441 g/mol. The molecule has 1 aromatic heterocycles. The lowest BCUT2D eigenvalue weighted by molar-refractivity contribution is -0.137. The molecule has 2 fully saturated rings. The van der Waals surface area contributed by atoms with Crippen molar-refractivity contribution < 1.29 is 22.8 Å². The first-order valence-electron chi connectivity index (χ1n) is 9.03. The van der Waals surface area contributed by atoms with Crippen LogP contribution >= 0.6 is 23.1 Å². The molecule has 4 rings (SSSR count).